The minimum Gasteiger partial charge on any atom is -0.733 e. The fourth-order valence-electron chi connectivity index (χ4n) is 1.90. The van der Waals surface area contributed by atoms with Crippen LogP contribution in [0.3, 0.4) is 0 Å². The Kier molecular flexibility index (Phi) is 3.74. The number of piperazine rings is 1. The van der Waals surface area contributed by atoms with Crippen LogP contribution in [0.1, 0.15) is 5.56 Å². The molecule has 1 saturated heterocycles. The number of hydrogen-bond acceptors (Lipinski definition) is 5. The van der Waals surface area contributed by atoms with E-state index in [2.05, 4.69) is 10.6 Å². The van der Waals surface area contributed by atoms with Gasteiger partial charge in [0.1, 0.15) is 0 Å². The maximum absolute atomic E-state index is 10.6. The highest BCUT2D eigenvalue weighted by Gasteiger charge is 2.12. The van der Waals surface area contributed by atoms with Crippen molar-refractivity contribution in [2.24, 2.45) is 0 Å². The highest BCUT2D eigenvalue weighted by molar-refractivity contribution is 5.45. The molecule has 1 aromatic carbocycles. The molecular weight excluding hydrogens is 206 g/mol. The first-order chi connectivity index (χ1) is 7.75. The van der Waals surface area contributed by atoms with Gasteiger partial charge in [0, 0.05) is 25.7 Å². The average molecular weight is 222 g/mol. The molecule has 0 radical (unpaired) electrons. The summed E-state index contributed by atoms with van der Waals surface area (Å²) in [5, 5.41) is 25.9. The maximum atomic E-state index is 10.6. The fourth-order valence-corrected chi connectivity index (χ4v) is 1.90. The van der Waals surface area contributed by atoms with E-state index in [1.165, 1.54) is 0 Å². The quantitative estimate of drug-likeness (QED) is 0.649. The Hall–Kier alpha value is -1.14. The predicted molar refractivity (Wildman–Crippen MR) is 62.4 cm³/mol. The summed E-state index contributed by atoms with van der Waals surface area (Å²) < 4.78 is 0. The predicted octanol–water partition coefficient (Wildman–Crippen LogP) is 0.484. The monoisotopic (exact) mass is 222 g/mol. The third-order valence-corrected chi connectivity index (χ3v) is 2.76. The highest BCUT2D eigenvalue weighted by Crippen LogP contribution is 2.13. The normalized spacial score (nSPS) is 20.8. The molecule has 1 aliphatic rings. The molecule has 0 aromatic heterocycles. The van der Waals surface area contributed by atoms with Gasteiger partial charge in [0.25, 0.3) is 0 Å². The number of rotatable bonds is 3. The van der Waals surface area contributed by atoms with Gasteiger partial charge in [0.2, 0.25) is 0 Å². The summed E-state index contributed by atoms with van der Waals surface area (Å²) in [4.78, 5) is 0. The van der Waals surface area contributed by atoms with E-state index in [4.69, 9.17) is 5.21 Å². The molecule has 1 aliphatic heterocycles. The number of hydrogen-bond donors (Lipinski definition) is 3. The first-order valence-electron chi connectivity index (χ1n) is 5.45. The third-order valence-electron chi connectivity index (χ3n) is 2.76. The van der Waals surface area contributed by atoms with Crippen LogP contribution >= 0.6 is 0 Å². The second-order valence-electron chi connectivity index (χ2n) is 4.00. The Morgan fingerprint density at radius 1 is 1.31 bits per heavy atom. The van der Waals surface area contributed by atoms with E-state index in [1.807, 2.05) is 12.1 Å². The lowest BCUT2D eigenvalue weighted by Gasteiger charge is -2.25. The SMILES string of the molecule is [O-]N(O)c1ccc(C[C@@H]2CNCCN2)cc1. The molecule has 1 fully saturated rings. The number of anilines is 1. The Morgan fingerprint density at radius 2 is 2.06 bits per heavy atom. The van der Waals surface area contributed by atoms with E-state index in [9.17, 15) is 5.21 Å². The van der Waals surface area contributed by atoms with Crippen molar-refractivity contribution in [3.63, 3.8) is 0 Å². The molecule has 0 amide bonds. The van der Waals surface area contributed by atoms with Gasteiger partial charge in [-0.3, -0.25) is 5.21 Å². The first kappa shape index (κ1) is 11.3. The topological polar surface area (TPSA) is 70.6 Å². The van der Waals surface area contributed by atoms with Crippen LogP contribution in [0.4, 0.5) is 5.69 Å². The van der Waals surface area contributed by atoms with Crippen molar-refractivity contribution in [2.45, 2.75) is 12.5 Å². The molecule has 2 rings (SSSR count). The molecule has 0 aliphatic carbocycles. The van der Waals surface area contributed by atoms with Gasteiger partial charge in [-0.1, -0.05) is 12.1 Å². The van der Waals surface area contributed by atoms with Gasteiger partial charge in [0.05, 0.1) is 5.69 Å². The van der Waals surface area contributed by atoms with Gasteiger partial charge in [-0.05, 0) is 24.1 Å². The average Bonchev–Trinajstić information content (AvgIpc) is 2.31. The lowest BCUT2D eigenvalue weighted by molar-refractivity contribution is 0.296. The van der Waals surface area contributed by atoms with Gasteiger partial charge in [-0.25, -0.2) is 0 Å². The van der Waals surface area contributed by atoms with Crippen LogP contribution in [0, 0.1) is 5.21 Å². The Morgan fingerprint density at radius 3 is 2.62 bits per heavy atom. The van der Waals surface area contributed by atoms with Crippen LogP contribution in [-0.4, -0.2) is 30.9 Å². The zero-order valence-electron chi connectivity index (χ0n) is 9.02. The smallest absolute Gasteiger partial charge is 0.0508 e. The van der Waals surface area contributed by atoms with Gasteiger partial charge >= 0.3 is 0 Å². The molecule has 88 valence electrons. The molecule has 3 N–H and O–H groups in total. The van der Waals surface area contributed by atoms with Crippen molar-refractivity contribution in [1.29, 1.82) is 0 Å². The van der Waals surface area contributed by atoms with Crippen molar-refractivity contribution in [3.05, 3.63) is 35.0 Å². The van der Waals surface area contributed by atoms with E-state index in [0.717, 1.165) is 31.6 Å². The minimum atomic E-state index is -0.121. The van der Waals surface area contributed by atoms with Crippen molar-refractivity contribution in [3.8, 4) is 0 Å². The molecule has 0 saturated carbocycles. The lowest BCUT2D eigenvalue weighted by Crippen LogP contribution is -2.49. The molecule has 1 atom stereocenters. The maximum Gasteiger partial charge on any atom is 0.0508 e. The van der Waals surface area contributed by atoms with E-state index >= 15 is 0 Å². The fraction of sp³-hybridized carbons (Fsp3) is 0.455. The summed E-state index contributed by atoms with van der Waals surface area (Å²) in [5.41, 5.74) is 1.42. The van der Waals surface area contributed by atoms with Gasteiger partial charge < -0.3 is 21.1 Å². The van der Waals surface area contributed by atoms with Crippen molar-refractivity contribution in [2.75, 3.05) is 24.9 Å². The van der Waals surface area contributed by atoms with Crippen LogP contribution in [0.15, 0.2) is 24.3 Å². The van der Waals surface area contributed by atoms with Gasteiger partial charge in [0.15, 0.2) is 0 Å². The molecular formula is C11H16N3O2-. The van der Waals surface area contributed by atoms with Gasteiger partial charge in [-0.15, -0.1) is 0 Å². The number of benzene rings is 1. The van der Waals surface area contributed by atoms with E-state index in [-0.39, 0.29) is 10.9 Å². The van der Waals surface area contributed by atoms with E-state index < -0.39 is 0 Å². The number of nitrogens with one attached hydrogen (secondary N) is 2. The largest absolute Gasteiger partial charge is 0.733 e. The van der Waals surface area contributed by atoms with Crippen molar-refractivity contribution >= 4 is 5.69 Å². The summed E-state index contributed by atoms with van der Waals surface area (Å²) in [6, 6.07) is 7.42. The standard InChI is InChI=1S/C11H16N3O2/c15-14(16)11-3-1-9(2-4-11)7-10-8-12-5-6-13-10/h1-4,10,12-13,15H,5-8H2/q-1/t10-/m1/s1. The van der Waals surface area contributed by atoms with E-state index in [1.54, 1.807) is 12.1 Å². The summed E-state index contributed by atoms with van der Waals surface area (Å²) in [6.07, 6.45) is 0.928. The third kappa shape index (κ3) is 2.93. The van der Waals surface area contributed by atoms with Gasteiger partial charge in [-0.2, -0.15) is 0 Å². The van der Waals surface area contributed by atoms with Crippen LogP contribution in [0.25, 0.3) is 0 Å². The molecule has 16 heavy (non-hydrogen) atoms. The highest BCUT2D eigenvalue weighted by atomic mass is 16.8. The van der Waals surface area contributed by atoms with Crippen LogP contribution < -0.4 is 15.9 Å². The van der Waals surface area contributed by atoms with E-state index in [0.29, 0.717) is 6.04 Å². The molecule has 1 aromatic rings. The van der Waals surface area contributed by atoms with Crippen LogP contribution in [0.5, 0.6) is 0 Å². The number of nitrogens with zero attached hydrogens (tertiary/aromatic N) is 1. The summed E-state index contributed by atoms with van der Waals surface area (Å²) >= 11 is 0. The summed E-state index contributed by atoms with van der Waals surface area (Å²) in [6.45, 7) is 2.98. The Labute approximate surface area is 94.6 Å². The van der Waals surface area contributed by atoms with Crippen molar-refractivity contribution < 1.29 is 5.21 Å². The zero-order chi connectivity index (χ0) is 11.4. The molecule has 1 heterocycles. The second-order valence-corrected chi connectivity index (χ2v) is 4.00. The van der Waals surface area contributed by atoms with Crippen LogP contribution in [-0.2, 0) is 6.42 Å². The zero-order valence-corrected chi connectivity index (χ0v) is 9.02. The minimum absolute atomic E-state index is 0.121. The lowest BCUT2D eigenvalue weighted by atomic mass is 10.0. The Balaban J connectivity index is 1.93. The molecule has 0 bridgehead atoms. The first-order valence-corrected chi connectivity index (χ1v) is 5.45. The Bertz CT molecular complexity index is 321. The summed E-state index contributed by atoms with van der Waals surface area (Å²) in [7, 11) is 0. The second kappa shape index (κ2) is 5.27. The summed E-state index contributed by atoms with van der Waals surface area (Å²) in [5.74, 6) is 0. The molecule has 0 spiro atoms. The van der Waals surface area contributed by atoms with Crippen LogP contribution in [0.2, 0.25) is 0 Å². The molecule has 5 nitrogen and oxygen atoms in total. The molecule has 0 unspecified atom stereocenters. The molecule has 5 heteroatoms. The van der Waals surface area contributed by atoms with Crippen molar-refractivity contribution in [1.82, 2.24) is 10.6 Å².